The van der Waals surface area contributed by atoms with Crippen LogP contribution in [0.25, 0.3) is 0 Å². The molecule has 0 bridgehead atoms. The molecule has 1 aliphatic rings. The van der Waals surface area contributed by atoms with Gasteiger partial charge in [0.15, 0.2) is 0 Å². The zero-order valence-electron chi connectivity index (χ0n) is 15.0. The van der Waals surface area contributed by atoms with Gasteiger partial charge in [-0.2, -0.15) is 0 Å². The Labute approximate surface area is 150 Å². The van der Waals surface area contributed by atoms with E-state index in [2.05, 4.69) is 10.3 Å². The Morgan fingerprint density at radius 1 is 1.27 bits per heavy atom. The predicted molar refractivity (Wildman–Crippen MR) is 96.1 cm³/mol. The summed E-state index contributed by atoms with van der Waals surface area (Å²) in [6.45, 7) is 6.72. The van der Waals surface area contributed by atoms with Crippen LogP contribution in [0.2, 0.25) is 0 Å². The average molecular weight is 359 g/mol. The summed E-state index contributed by atoms with van der Waals surface area (Å²) >= 11 is 0. The van der Waals surface area contributed by atoms with E-state index in [0.717, 1.165) is 0 Å². The van der Waals surface area contributed by atoms with E-state index in [1.54, 1.807) is 33.8 Å². The fourth-order valence-electron chi connectivity index (χ4n) is 3.25. The Morgan fingerprint density at radius 2 is 1.88 bits per heavy atom. The highest BCUT2D eigenvalue weighted by Gasteiger charge is 2.43. The van der Waals surface area contributed by atoms with Crippen LogP contribution in [-0.4, -0.2) is 33.7 Å². The van der Waals surface area contributed by atoms with E-state index in [1.165, 1.54) is 18.2 Å². The summed E-state index contributed by atoms with van der Waals surface area (Å²) in [6, 6.07) is 5.72. The molecule has 1 aromatic rings. The van der Waals surface area contributed by atoms with Crippen LogP contribution in [0.1, 0.15) is 39.2 Å². The highest BCUT2D eigenvalue weighted by molar-refractivity contribution is 6.07. The fourth-order valence-corrected chi connectivity index (χ4v) is 3.25. The van der Waals surface area contributed by atoms with Crippen molar-refractivity contribution in [3.8, 4) is 0 Å². The number of benzene rings is 1. The number of nitrogens with zero attached hydrogens (tertiary/aromatic N) is 2. The molecule has 26 heavy (non-hydrogen) atoms. The van der Waals surface area contributed by atoms with E-state index in [4.69, 9.17) is 0 Å². The molecule has 0 aromatic heterocycles. The molecule has 0 saturated heterocycles. The molecule has 2 N–H and O–H groups in total. The maximum Gasteiger partial charge on any atom is 0.313 e. The number of rotatable bonds is 5. The van der Waals surface area contributed by atoms with Gasteiger partial charge in [-0.05, 0) is 27.7 Å². The lowest BCUT2D eigenvalue weighted by atomic mass is 9.75. The molecule has 1 amide bonds. The number of nitro benzene ring substituents is 1. The van der Waals surface area contributed by atoms with Crippen molar-refractivity contribution in [3.05, 3.63) is 51.2 Å². The molecule has 1 aliphatic heterocycles. The van der Waals surface area contributed by atoms with Gasteiger partial charge in [-0.15, -0.1) is 0 Å². The molecular formula is C18H21N3O5. The summed E-state index contributed by atoms with van der Waals surface area (Å²) in [7, 11) is 0. The molecule has 0 aliphatic carbocycles. The van der Waals surface area contributed by atoms with Crippen molar-refractivity contribution in [1.29, 1.82) is 0 Å². The summed E-state index contributed by atoms with van der Waals surface area (Å²) in [5.41, 5.74) is 0.778. The number of hydrogen-bond acceptors (Lipinski definition) is 5. The molecule has 1 aromatic carbocycles. The molecule has 2 rings (SSSR count). The van der Waals surface area contributed by atoms with Gasteiger partial charge >= 0.3 is 5.97 Å². The first-order chi connectivity index (χ1) is 12.1. The van der Waals surface area contributed by atoms with Gasteiger partial charge in [0.25, 0.3) is 5.69 Å². The number of allylic oxidation sites excluding steroid dienone is 1. The van der Waals surface area contributed by atoms with Crippen molar-refractivity contribution >= 4 is 23.3 Å². The van der Waals surface area contributed by atoms with E-state index >= 15 is 0 Å². The molecule has 138 valence electrons. The van der Waals surface area contributed by atoms with Crippen molar-refractivity contribution < 1.29 is 19.6 Å². The second-order valence-electron chi connectivity index (χ2n) is 6.49. The summed E-state index contributed by atoms with van der Waals surface area (Å²) < 4.78 is 0. The van der Waals surface area contributed by atoms with Crippen molar-refractivity contribution in [2.75, 3.05) is 0 Å². The van der Waals surface area contributed by atoms with Gasteiger partial charge in [0, 0.05) is 40.6 Å². The highest BCUT2D eigenvalue weighted by Crippen LogP contribution is 2.42. The van der Waals surface area contributed by atoms with Crippen molar-refractivity contribution in [2.24, 2.45) is 10.9 Å². The molecule has 1 heterocycles. The number of hydrogen-bond donors (Lipinski definition) is 2. The second-order valence-corrected chi connectivity index (χ2v) is 6.49. The predicted octanol–water partition coefficient (Wildman–Crippen LogP) is 2.65. The average Bonchev–Trinajstić information content (AvgIpc) is 2.52. The number of para-hydroxylation sites is 1. The quantitative estimate of drug-likeness (QED) is 0.618. The van der Waals surface area contributed by atoms with Crippen LogP contribution in [0.5, 0.6) is 0 Å². The second kappa shape index (κ2) is 7.47. The van der Waals surface area contributed by atoms with E-state index in [9.17, 15) is 24.8 Å². The minimum absolute atomic E-state index is 0.144. The zero-order valence-corrected chi connectivity index (χ0v) is 15.0. The molecular weight excluding hydrogens is 338 g/mol. The van der Waals surface area contributed by atoms with E-state index in [0.29, 0.717) is 11.4 Å². The Balaban J connectivity index is 2.74. The number of carboxylic acid groups (broad SMARTS) is 1. The van der Waals surface area contributed by atoms with Crippen LogP contribution in [0.15, 0.2) is 40.5 Å². The van der Waals surface area contributed by atoms with Gasteiger partial charge in [-0.25, -0.2) is 0 Å². The first-order valence-electron chi connectivity index (χ1n) is 8.18. The number of nitrogens with one attached hydrogen (secondary N) is 1. The molecule has 8 nitrogen and oxygen atoms in total. The van der Waals surface area contributed by atoms with E-state index in [-0.39, 0.29) is 22.9 Å². The Morgan fingerprint density at radius 3 is 2.42 bits per heavy atom. The van der Waals surface area contributed by atoms with Gasteiger partial charge in [0.2, 0.25) is 5.91 Å². The number of carbonyl (C=O) groups excluding carboxylic acids is 1. The molecule has 0 spiro atoms. The SMILES string of the molecule is CC1=NC(C)=C(C(=O)NC(C)C)C(c2ccccc2[N+](=O)[O-])C1C(=O)O. The number of carboxylic acids is 1. The van der Waals surface area contributed by atoms with E-state index < -0.39 is 28.6 Å². The van der Waals surface area contributed by atoms with Crippen LogP contribution in [0, 0.1) is 16.0 Å². The third-order valence-corrected chi connectivity index (χ3v) is 4.23. The summed E-state index contributed by atoms with van der Waals surface area (Å²) in [4.78, 5) is 39.8. The molecule has 0 fully saturated rings. The first kappa shape index (κ1) is 19.3. The minimum Gasteiger partial charge on any atom is -0.481 e. The zero-order chi connectivity index (χ0) is 19.6. The van der Waals surface area contributed by atoms with E-state index in [1.807, 2.05) is 0 Å². The summed E-state index contributed by atoms with van der Waals surface area (Å²) in [5, 5.41) is 23.9. The van der Waals surface area contributed by atoms with Gasteiger partial charge < -0.3 is 10.4 Å². The first-order valence-corrected chi connectivity index (χ1v) is 8.18. The fraction of sp³-hybridized carbons (Fsp3) is 0.389. The standard InChI is InChI=1S/C18H21N3O5/c1-9(2)19-17(22)14-10(3)20-11(4)15(18(23)24)16(14)12-7-5-6-8-13(12)21(25)26/h5-9,15-16H,1-4H3,(H,19,22)(H,23,24). The van der Waals surface area contributed by atoms with Crippen LogP contribution in [-0.2, 0) is 9.59 Å². The minimum atomic E-state index is -1.18. The number of aliphatic imine (C=N–C) groups is 1. The number of carbonyl (C=O) groups is 2. The van der Waals surface area contributed by atoms with Crippen LogP contribution in [0.3, 0.4) is 0 Å². The molecule has 2 atom stereocenters. The monoisotopic (exact) mass is 359 g/mol. The normalized spacial score (nSPS) is 20.0. The van der Waals surface area contributed by atoms with Crippen molar-refractivity contribution in [1.82, 2.24) is 5.32 Å². The lowest BCUT2D eigenvalue weighted by Gasteiger charge is -2.31. The summed E-state index contributed by atoms with van der Waals surface area (Å²) in [5.74, 6) is -3.81. The Hall–Kier alpha value is -3.03. The number of aliphatic carboxylic acids is 1. The lowest BCUT2D eigenvalue weighted by Crippen LogP contribution is -2.40. The molecule has 0 saturated carbocycles. The van der Waals surface area contributed by atoms with Crippen LogP contribution in [0.4, 0.5) is 5.69 Å². The molecule has 2 unspecified atom stereocenters. The number of nitro groups is 1. The maximum absolute atomic E-state index is 12.8. The van der Waals surface area contributed by atoms with Crippen molar-refractivity contribution in [3.63, 3.8) is 0 Å². The van der Waals surface area contributed by atoms with Crippen molar-refractivity contribution in [2.45, 2.75) is 39.7 Å². The van der Waals surface area contributed by atoms with Crippen LogP contribution >= 0.6 is 0 Å². The Kier molecular flexibility index (Phi) is 5.54. The maximum atomic E-state index is 12.8. The Bertz CT molecular complexity index is 826. The highest BCUT2D eigenvalue weighted by atomic mass is 16.6. The molecule has 0 radical (unpaired) electrons. The van der Waals surface area contributed by atoms with Crippen LogP contribution < -0.4 is 5.32 Å². The van der Waals surface area contributed by atoms with Gasteiger partial charge in [-0.1, -0.05) is 18.2 Å². The largest absolute Gasteiger partial charge is 0.481 e. The smallest absolute Gasteiger partial charge is 0.313 e. The third kappa shape index (κ3) is 3.63. The lowest BCUT2D eigenvalue weighted by molar-refractivity contribution is -0.385. The molecule has 8 heteroatoms. The van der Waals surface area contributed by atoms with Gasteiger partial charge in [0.1, 0.15) is 5.92 Å². The van der Waals surface area contributed by atoms with Gasteiger partial charge in [-0.3, -0.25) is 24.7 Å². The van der Waals surface area contributed by atoms with Gasteiger partial charge in [0.05, 0.1) is 4.92 Å². The summed E-state index contributed by atoms with van der Waals surface area (Å²) in [6.07, 6.45) is 0. The number of amides is 1. The third-order valence-electron chi connectivity index (χ3n) is 4.23. The topological polar surface area (TPSA) is 122 Å².